The Hall–Kier alpha value is -4.94. The van der Waals surface area contributed by atoms with Gasteiger partial charge in [-0.15, -0.1) is 0 Å². The Bertz CT molecular complexity index is 3560. The minimum atomic E-state index is -5.75. The smallest absolute Gasteiger partial charge is 0.489 e. The van der Waals surface area contributed by atoms with Gasteiger partial charge in [0.1, 0.15) is 46.8 Å². The lowest BCUT2D eigenvalue weighted by Gasteiger charge is -2.25. The number of anilines is 2. The minimum Gasteiger partial charge on any atom is -0.744 e. The number of nitrogen functional groups attached to an aromatic ring is 1. The number of hydrogen-bond donors (Lipinski definition) is 9. The molecule has 1 saturated heterocycles. The van der Waals surface area contributed by atoms with E-state index >= 15 is 0 Å². The van der Waals surface area contributed by atoms with Gasteiger partial charge >= 0.3 is 23.4 Å². The van der Waals surface area contributed by atoms with E-state index in [1.165, 1.54) is 35.2 Å². The summed E-state index contributed by atoms with van der Waals surface area (Å²) in [5, 5.41) is 26.0. The van der Waals surface area contributed by atoms with E-state index in [1.807, 2.05) is 65.0 Å². The molecule has 3 aliphatic rings. The molecule has 1 amide bonds. The first-order chi connectivity index (χ1) is 38.3. The van der Waals surface area contributed by atoms with E-state index < -0.39 is 85.6 Å². The van der Waals surface area contributed by atoms with Crippen molar-refractivity contribution in [3.63, 3.8) is 0 Å². The summed E-state index contributed by atoms with van der Waals surface area (Å²) in [6.45, 7) is 10.2. The third-order valence-corrected chi connectivity index (χ3v) is 20.3. The molecule has 1 fully saturated rings. The van der Waals surface area contributed by atoms with Gasteiger partial charge in [-0.2, -0.15) is 21.6 Å². The number of fused-ring (bicyclic) bond motifs is 3. The number of hydrogen-bond acceptors (Lipinski definition) is 20. The van der Waals surface area contributed by atoms with Crippen molar-refractivity contribution in [3.05, 3.63) is 96.3 Å². The molecule has 0 saturated carbocycles. The Balaban J connectivity index is 0.815. The Morgan fingerprint density at radius 1 is 0.854 bits per heavy atom. The van der Waals surface area contributed by atoms with Crippen molar-refractivity contribution in [3.8, 4) is 0 Å². The lowest BCUT2D eigenvalue weighted by Crippen LogP contribution is -2.33. The number of aromatic nitrogens is 4. The van der Waals surface area contributed by atoms with Crippen LogP contribution in [0.15, 0.2) is 94.9 Å². The van der Waals surface area contributed by atoms with Crippen LogP contribution in [0.1, 0.15) is 103 Å². The minimum absolute atomic E-state index is 0.0269. The SMILES string of the molecule is CCN1/C(=C/C=C/C=C/C2=[N+](CCCCCC(=O)NCCCCCCNP(=O)(O)OP(=O)(O)OP(=O)(O)OC[C@H]3O[C@@H](n4cnc5c(N)ncnc54)[C@H](O)[C@@H]3O)c3ccc(S(=O)(=O)O)cc3C2(C)C)C(C)(C)c2cc(S(=O)(=O)[O-])ccc21. The number of benzene rings is 2. The molecule has 28 nitrogen and oxygen atoms in total. The first-order valence-electron chi connectivity index (χ1n) is 26.0. The second-order valence-corrected chi connectivity index (χ2v) is 28.2. The highest BCUT2D eigenvalue weighted by Crippen LogP contribution is 2.66. The standard InChI is InChI=1S/C49H68N9O19P3S2/c1-6-56-36-22-20-32(81(68,69)70)27-34(36)48(2,3)39(56)17-11-9-12-18-40-49(4,5)35-28-33(82(71,72)73)21-23-37(35)57(40)26-16-10-13-19-41(59)51-24-14-7-8-15-25-55-78(62,63)76-80(66,67)77-79(64,65)74-29-38-43(60)44(61)47(75-38)58-31-54-42-45(50)52-30-53-46(42)58/h9,11-12,17-18,20-23,27-28,30-31,38,43-44,47,60-61H,6-8,10,13-16,19,24-26,29H2,1-5H3,(H8-,50,51,52,53,55,59,62,63,64,65,66,67,68,69,70,71,72,73)/t38-,43-,44-,47-/m1/s1. The zero-order chi connectivity index (χ0) is 60.2. The number of likely N-dealkylation sites (N-methyl/N-ethyl adjacent to an activating group) is 1. The normalized spacial score (nSPS) is 22.5. The third-order valence-electron chi connectivity index (χ3n) is 14.2. The maximum Gasteiger partial charge on any atom is 0.489 e. The number of allylic oxidation sites excluding steroid dienone is 6. The van der Waals surface area contributed by atoms with Gasteiger partial charge < -0.3 is 50.1 Å². The van der Waals surface area contributed by atoms with Crippen LogP contribution in [0.4, 0.5) is 17.2 Å². The van der Waals surface area contributed by atoms with Gasteiger partial charge in [-0.25, -0.2) is 42.2 Å². The molecule has 2 aromatic carbocycles. The summed E-state index contributed by atoms with van der Waals surface area (Å²) in [6, 6.07) is 8.92. The van der Waals surface area contributed by atoms with E-state index in [1.54, 1.807) is 12.1 Å². The molecule has 82 heavy (non-hydrogen) atoms. The van der Waals surface area contributed by atoms with E-state index in [9.17, 15) is 69.3 Å². The molecule has 0 spiro atoms. The number of nitrogens with zero attached hydrogens (tertiary/aromatic N) is 6. The summed E-state index contributed by atoms with van der Waals surface area (Å²) >= 11 is 0. The highest BCUT2D eigenvalue weighted by molar-refractivity contribution is 7.86. The molecule has 0 bridgehead atoms. The quantitative estimate of drug-likeness (QED) is 0.0115. The average Bonchev–Trinajstić information content (AvgIpc) is 4.10. The Kier molecular flexibility index (Phi) is 20.3. The fourth-order valence-corrected chi connectivity index (χ4v) is 14.8. The van der Waals surface area contributed by atoms with Crippen molar-refractivity contribution >= 4 is 83.6 Å². The molecule has 10 N–H and O–H groups in total. The molecule has 7 atom stereocenters. The molecule has 450 valence electrons. The van der Waals surface area contributed by atoms with Crippen LogP contribution < -0.4 is 21.0 Å². The van der Waals surface area contributed by atoms with Gasteiger partial charge in [0.25, 0.3) is 10.1 Å². The summed E-state index contributed by atoms with van der Waals surface area (Å²) in [5.74, 6) is -0.125. The molecule has 33 heteroatoms. The van der Waals surface area contributed by atoms with Crippen LogP contribution >= 0.6 is 23.4 Å². The van der Waals surface area contributed by atoms with Gasteiger partial charge in [-0.05, 0) is 88.4 Å². The second-order valence-electron chi connectivity index (χ2n) is 20.6. The van der Waals surface area contributed by atoms with E-state index in [0.717, 1.165) is 34.7 Å². The van der Waals surface area contributed by atoms with Crippen LogP contribution in [-0.4, -0.2) is 138 Å². The van der Waals surface area contributed by atoms with E-state index in [-0.39, 0.29) is 52.1 Å². The number of phosphoric ester groups is 1. The number of carbonyl (C=O) groups excluding carboxylic acids is 1. The Morgan fingerprint density at radius 3 is 2.23 bits per heavy atom. The molecule has 2 aromatic heterocycles. The average molecular weight is 1240 g/mol. The Labute approximate surface area is 474 Å². The van der Waals surface area contributed by atoms with Crippen molar-refractivity contribution < 1.29 is 91.8 Å². The predicted octanol–water partition coefficient (Wildman–Crippen LogP) is 5.25. The monoisotopic (exact) mass is 1240 g/mol. The van der Waals surface area contributed by atoms with Crippen LogP contribution in [-0.2, 0) is 67.4 Å². The van der Waals surface area contributed by atoms with Gasteiger partial charge in [-0.1, -0.05) is 44.9 Å². The van der Waals surface area contributed by atoms with Gasteiger partial charge in [0.2, 0.25) is 11.6 Å². The van der Waals surface area contributed by atoms with E-state index in [0.29, 0.717) is 63.7 Å². The fourth-order valence-electron chi connectivity index (χ4n) is 10.1. The van der Waals surface area contributed by atoms with Crippen LogP contribution in [0.3, 0.4) is 0 Å². The number of nitrogens with one attached hydrogen (secondary N) is 2. The number of amides is 1. The van der Waals surface area contributed by atoms with Gasteiger partial charge in [0.05, 0.1) is 28.1 Å². The van der Waals surface area contributed by atoms with E-state index in [4.69, 9.17) is 10.5 Å². The molecule has 0 aliphatic carbocycles. The van der Waals surface area contributed by atoms with Gasteiger partial charge in [0.15, 0.2) is 23.4 Å². The van der Waals surface area contributed by atoms with Gasteiger partial charge in [-0.3, -0.25) is 18.4 Å². The number of rotatable bonds is 28. The number of nitrogens with two attached hydrogens (primary N) is 1. The third kappa shape index (κ3) is 15.3. The van der Waals surface area contributed by atoms with Crippen LogP contribution in [0, 0.1) is 0 Å². The number of imidazole rings is 1. The molecule has 5 heterocycles. The zero-order valence-electron chi connectivity index (χ0n) is 45.4. The van der Waals surface area contributed by atoms with Crippen LogP contribution in [0.2, 0.25) is 0 Å². The maximum absolute atomic E-state index is 12.7. The highest BCUT2D eigenvalue weighted by atomic mass is 32.2. The molecule has 7 rings (SSSR count). The zero-order valence-corrected chi connectivity index (χ0v) is 49.7. The fraction of sp³-hybridized carbons (Fsp3) is 0.490. The second kappa shape index (κ2) is 25.7. The maximum atomic E-state index is 12.7. The number of aliphatic hydroxyl groups is 2. The summed E-state index contributed by atoms with van der Waals surface area (Å²) in [6.07, 6.45) is 9.80. The van der Waals surface area contributed by atoms with Gasteiger partial charge in [0, 0.05) is 67.0 Å². The predicted molar refractivity (Wildman–Crippen MR) is 297 cm³/mol. The molecular formula is C49H68N9O19P3S2. The highest BCUT2D eigenvalue weighted by Gasteiger charge is 2.48. The first kappa shape index (κ1) is 64.6. The first-order valence-corrected chi connectivity index (χ1v) is 33.4. The number of ether oxygens (including phenoxy) is 1. The van der Waals surface area contributed by atoms with E-state index in [2.05, 4.69) is 48.0 Å². The number of carbonyl (C=O) groups is 1. The molecule has 3 aliphatic heterocycles. The summed E-state index contributed by atoms with van der Waals surface area (Å²) in [5.41, 5.74) is 9.60. The van der Waals surface area contributed by atoms with Crippen LogP contribution in [0.25, 0.3) is 11.2 Å². The van der Waals surface area contributed by atoms with Crippen molar-refractivity contribution in [2.75, 3.05) is 43.4 Å². The van der Waals surface area contributed by atoms with Crippen molar-refractivity contribution in [2.45, 2.75) is 131 Å². The molecule has 4 aromatic rings. The van der Waals surface area contributed by atoms with Crippen LogP contribution in [0.5, 0.6) is 0 Å². The molecular weight excluding hydrogens is 1180 g/mol. The molecule has 0 radical (unpaired) electrons. The summed E-state index contributed by atoms with van der Waals surface area (Å²) in [4.78, 5) is 56.4. The molecule has 3 unspecified atom stereocenters. The number of unbranched alkanes of at least 4 members (excludes halogenated alkanes) is 5. The topological polar surface area (TPSA) is 418 Å². The Morgan fingerprint density at radius 2 is 1.54 bits per heavy atom. The summed E-state index contributed by atoms with van der Waals surface area (Å²) in [7, 11) is -25.5. The largest absolute Gasteiger partial charge is 0.744 e. The number of aliphatic hydroxyl groups excluding tert-OH is 2. The lowest BCUT2D eigenvalue weighted by atomic mass is 9.81. The summed E-state index contributed by atoms with van der Waals surface area (Å²) < 4.78 is 129. The van der Waals surface area contributed by atoms with Crippen molar-refractivity contribution in [1.29, 1.82) is 0 Å². The number of phosphoric acid groups is 2. The van der Waals surface area contributed by atoms with Crippen molar-refractivity contribution in [1.82, 2.24) is 29.9 Å². The van der Waals surface area contributed by atoms with Crippen molar-refractivity contribution in [2.24, 2.45) is 0 Å². The lowest BCUT2D eigenvalue weighted by molar-refractivity contribution is -0.438.